The maximum Gasteiger partial charge on any atom is 0.211 e. The lowest BCUT2D eigenvalue weighted by Gasteiger charge is -2.37. The molecule has 6 nitrogen and oxygen atoms in total. The predicted molar refractivity (Wildman–Crippen MR) is 104 cm³/mol. The smallest absolute Gasteiger partial charge is 0.211 e. The number of piperidine rings is 1. The van der Waals surface area contributed by atoms with Crippen molar-refractivity contribution in [1.29, 1.82) is 5.26 Å². The van der Waals surface area contributed by atoms with Gasteiger partial charge in [0.05, 0.1) is 23.4 Å². The second-order valence-corrected chi connectivity index (χ2v) is 8.86. The molecule has 26 heavy (non-hydrogen) atoms. The molecule has 1 aliphatic heterocycles. The number of halogens is 1. The van der Waals surface area contributed by atoms with Crippen LogP contribution in [0.3, 0.4) is 0 Å². The third-order valence-electron chi connectivity index (χ3n) is 4.81. The van der Waals surface area contributed by atoms with Crippen LogP contribution in [0.4, 0.5) is 5.82 Å². The van der Waals surface area contributed by atoms with E-state index in [0.29, 0.717) is 30.2 Å². The summed E-state index contributed by atoms with van der Waals surface area (Å²) in [6, 6.07) is 9.35. The zero-order chi connectivity index (χ0) is 18.9. The molecule has 1 aromatic carbocycles. The molecule has 2 heterocycles. The van der Waals surface area contributed by atoms with Gasteiger partial charge in [0.15, 0.2) is 0 Å². The average molecular weight is 393 g/mol. The van der Waals surface area contributed by atoms with Gasteiger partial charge in [0.25, 0.3) is 0 Å². The number of rotatable bonds is 4. The predicted octanol–water partition coefficient (Wildman–Crippen LogP) is 3.01. The van der Waals surface area contributed by atoms with E-state index in [2.05, 4.69) is 16.0 Å². The van der Waals surface area contributed by atoms with Gasteiger partial charge in [0.2, 0.25) is 10.0 Å². The first-order valence-electron chi connectivity index (χ1n) is 8.55. The molecule has 0 radical (unpaired) electrons. The molecule has 3 rings (SSSR count). The lowest BCUT2D eigenvalue weighted by Crippen LogP contribution is -2.47. The van der Waals surface area contributed by atoms with Gasteiger partial charge < -0.3 is 4.90 Å². The second-order valence-electron chi connectivity index (χ2n) is 6.49. The fourth-order valence-corrected chi connectivity index (χ4v) is 4.98. The largest absolute Gasteiger partial charge is 0.356 e. The van der Waals surface area contributed by atoms with E-state index in [4.69, 9.17) is 11.6 Å². The third kappa shape index (κ3) is 3.78. The summed E-state index contributed by atoms with van der Waals surface area (Å²) < 4.78 is 25.4. The molecule has 0 spiro atoms. The van der Waals surface area contributed by atoms with Crippen LogP contribution in [0.1, 0.15) is 25.3 Å². The van der Waals surface area contributed by atoms with Crippen molar-refractivity contribution in [2.24, 2.45) is 0 Å². The van der Waals surface area contributed by atoms with Crippen LogP contribution in [0.25, 0.3) is 10.9 Å². The SMILES string of the molecule is CCN(C1CCN(c2cc(C#N)c3cc(Cl)ccc3n2)CC1)S(C)(=O)=O. The zero-order valence-corrected chi connectivity index (χ0v) is 16.4. The lowest BCUT2D eigenvalue weighted by atomic mass is 10.0. The minimum atomic E-state index is -3.20. The van der Waals surface area contributed by atoms with E-state index in [0.717, 1.165) is 29.6 Å². The molecule has 8 heteroatoms. The van der Waals surface area contributed by atoms with Gasteiger partial charge >= 0.3 is 0 Å². The number of sulfonamides is 1. The monoisotopic (exact) mass is 392 g/mol. The highest BCUT2D eigenvalue weighted by Crippen LogP contribution is 2.28. The number of anilines is 1. The van der Waals surface area contributed by atoms with E-state index in [-0.39, 0.29) is 6.04 Å². The number of hydrogen-bond donors (Lipinski definition) is 0. The maximum absolute atomic E-state index is 11.9. The van der Waals surface area contributed by atoms with Crippen molar-refractivity contribution in [1.82, 2.24) is 9.29 Å². The molecule has 0 unspecified atom stereocenters. The summed E-state index contributed by atoms with van der Waals surface area (Å²) in [5.41, 5.74) is 1.28. The molecule has 0 bridgehead atoms. The van der Waals surface area contributed by atoms with Gasteiger partial charge in [-0.25, -0.2) is 13.4 Å². The summed E-state index contributed by atoms with van der Waals surface area (Å²) in [7, 11) is -3.20. The van der Waals surface area contributed by atoms with Gasteiger partial charge in [-0.1, -0.05) is 18.5 Å². The van der Waals surface area contributed by atoms with Crippen molar-refractivity contribution < 1.29 is 8.42 Å². The normalized spacial score (nSPS) is 16.2. The Kier molecular flexibility index (Phi) is 5.37. The van der Waals surface area contributed by atoms with Gasteiger partial charge in [0, 0.05) is 36.1 Å². The lowest BCUT2D eigenvalue weighted by molar-refractivity contribution is 0.285. The Balaban J connectivity index is 1.84. The zero-order valence-electron chi connectivity index (χ0n) is 14.8. The van der Waals surface area contributed by atoms with Crippen molar-refractivity contribution in [3.05, 3.63) is 34.9 Å². The average Bonchev–Trinajstić information content (AvgIpc) is 2.61. The Morgan fingerprint density at radius 1 is 1.35 bits per heavy atom. The van der Waals surface area contributed by atoms with Crippen LogP contribution in [0.2, 0.25) is 5.02 Å². The second kappa shape index (κ2) is 7.39. The molecule has 0 saturated carbocycles. The first kappa shape index (κ1) is 18.9. The van der Waals surface area contributed by atoms with Crippen LogP contribution in [-0.4, -0.2) is 49.6 Å². The van der Waals surface area contributed by atoms with E-state index in [1.165, 1.54) is 6.26 Å². The molecule has 0 aliphatic carbocycles. The molecule has 0 N–H and O–H groups in total. The summed E-state index contributed by atoms with van der Waals surface area (Å²) in [6.45, 7) is 3.75. The highest BCUT2D eigenvalue weighted by Gasteiger charge is 2.29. The Labute approximate surface area is 159 Å². The van der Waals surface area contributed by atoms with Gasteiger partial charge in [-0.3, -0.25) is 0 Å². The maximum atomic E-state index is 11.9. The fraction of sp³-hybridized carbons (Fsp3) is 0.444. The van der Waals surface area contributed by atoms with Crippen LogP contribution in [0.15, 0.2) is 24.3 Å². The van der Waals surface area contributed by atoms with E-state index in [1.54, 1.807) is 22.5 Å². The minimum Gasteiger partial charge on any atom is -0.356 e. The number of fused-ring (bicyclic) bond motifs is 1. The molecule has 138 valence electrons. The Hall–Kier alpha value is -1.88. The van der Waals surface area contributed by atoms with E-state index in [9.17, 15) is 13.7 Å². The first-order chi connectivity index (χ1) is 12.3. The molecule has 1 aliphatic rings. The molecular formula is C18H21ClN4O2S. The van der Waals surface area contributed by atoms with Crippen LogP contribution < -0.4 is 4.90 Å². The molecule has 1 saturated heterocycles. The van der Waals surface area contributed by atoms with Crippen molar-refractivity contribution in [3.8, 4) is 6.07 Å². The standard InChI is InChI=1S/C18H21ClN4O2S/c1-3-23(26(2,24)25)15-6-8-22(9-7-15)18-10-13(12-20)16-11-14(19)4-5-17(16)21-18/h4-5,10-11,15H,3,6-9H2,1-2H3. The third-order valence-corrected chi connectivity index (χ3v) is 6.45. The first-order valence-corrected chi connectivity index (χ1v) is 10.8. The van der Waals surface area contributed by atoms with Crippen LogP contribution in [-0.2, 0) is 10.0 Å². The Morgan fingerprint density at radius 3 is 2.62 bits per heavy atom. The van der Waals surface area contributed by atoms with Gasteiger partial charge in [-0.15, -0.1) is 0 Å². The minimum absolute atomic E-state index is 0.0148. The molecule has 2 aromatic rings. The topological polar surface area (TPSA) is 77.3 Å². The van der Waals surface area contributed by atoms with Crippen LogP contribution in [0, 0.1) is 11.3 Å². The summed E-state index contributed by atoms with van der Waals surface area (Å²) in [6.07, 6.45) is 2.74. The summed E-state index contributed by atoms with van der Waals surface area (Å²) >= 11 is 6.03. The summed E-state index contributed by atoms with van der Waals surface area (Å²) in [5, 5.41) is 10.8. The summed E-state index contributed by atoms with van der Waals surface area (Å²) in [5.74, 6) is 0.747. The number of hydrogen-bond acceptors (Lipinski definition) is 5. The number of aromatic nitrogens is 1. The van der Waals surface area contributed by atoms with Gasteiger partial charge in [-0.2, -0.15) is 9.57 Å². The highest BCUT2D eigenvalue weighted by molar-refractivity contribution is 7.88. The Morgan fingerprint density at radius 2 is 2.04 bits per heavy atom. The Bertz CT molecular complexity index is 963. The van der Waals surface area contributed by atoms with Crippen molar-refractivity contribution in [2.75, 3.05) is 30.8 Å². The van der Waals surface area contributed by atoms with Crippen molar-refractivity contribution in [3.63, 3.8) is 0 Å². The van der Waals surface area contributed by atoms with Gasteiger partial charge in [0.1, 0.15) is 5.82 Å². The number of nitriles is 1. The fourth-order valence-electron chi connectivity index (χ4n) is 3.58. The van der Waals surface area contributed by atoms with E-state index >= 15 is 0 Å². The summed E-state index contributed by atoms with van der Waals surface area (Å²) in [4.78, 5) is 6.78. The highest BCUT2D eigenvalue weighted by atomic mass is 35.5. The van der Waals surface area contributed by atoms with Gasteiger partial charge in [-0.05, 0) is 37.1 Å². The van der Waals surface area contributed by atoms with Crippen LogP contribution in [0.5, 0.6) is 0 Å². The molecule has 1 fully saturated rings. The number of benzene rings is 1. The molecule has 0 atom stereocenters. The molecular weight excluding hydrogens is 372 g/mol. The molecule has 0 amide bonds. The molecule has 1 aromatic heterocycles. The van der Waals surface area contributed by atoms with Crippen molar-refractivity contribution >= 4 is 38.3 Å². The van der Waals surface area contributed by atoms with Crippen LogP contribution >= 0.6 is 11.6 Å². The number of pyridine rings is 1. The quantitative estimate of drug-likeness (QED) is 0.799. The van der Waals surface area contributed by atoms with E-state index in [1.807, 2.05) is 13.0 Å². The van der Waals surface area contributed by atoms with Crippen molar-refractivity contribution in [2.45, 2.75) is 25.8 Å². The number of nitrogens with zero attached hydrogens (tertiary/aromatic N) is 4. The van der Waals surface area contributed by atoms with E-state index < -0.39 is 10.0 Å².